The molecule has 0 aromatic heterocycles. The van der Waals surface area contributed by atoms with Crippen molar-refractivity contribution in [3.05, 3.63) is 65.2 Å². The highest BCUT2D eigenvalue weighted by Gasteiger charge is 2.50. The van der Waals surface area contributed by atoms with E-state index in [-0.39, 0.29) is 54.6 Å². The number of carbonyl (C=O) groups is 2. The molecule has 2 fully saturated rings. The number of piperazine rings is 1. The Bertz CT molecular complexity index is 1200. The lowest BCUT2D eigenvalue weighted by molar-refractivity contribution is -0.138. The summed E-state index contributed by atoms with van der Waals surface area (Å²) in [6.07, 6.45) is 2.10. The van der Waals surface area contributed by atoms with Crippen molar-refractivity contribution in [3.63, 3.8) is 0 Å². The van der Waals surface area contributed by atoms with Crippen LogP contribution in [0.15, 0.2) is 48.5 Å². The number of aryl methyl sites for hydroxylation is 1. The molecule has 0 spiro atoms. The maximum absolute atomic E-state index is 13.6. The molecule has 0 unspecified atom stereocenters. The standard InChI is InChI=1S/C31H43N3O5Si/c1-21-27(13-10-22-8-11-25(12-9-22)33-15-14-32-18-30(33)37)39-28(31(21)40(2,3)38)17-29(36)34-19-24-7-5-4-6-23(24)16-26(34)20-35/h4-9,11-12,21,26-28,31-32,35,38H,10,13-20H2,1-3H3/t21-,26+,27+,28-,31+/m1/s1. The molecule has 2 aromatic rings. The molecule has 2 aromatic carbocycles. The van der Waals surface area contributed by atoms with Crippen LogP contribution in [0.5, 0.6) is 0 Å². The number of anilines is 1. The van der Waals surface area contributed by atoms with Crippen LogP contribution >= 0.6 is 0 Å². The van der Waals surface area contributed by atoms with Crippen LogP contribution in [0.2, 0.25) is 18.6 Å². The second-order valence-corrected chi connectivity index (χ2v) is 16.2. The topological polar surface area (TPSA) is 102 Å². The summed E-state index contributed by atoms with van der Waals surface area (Å²) in [5, 5.41) is 13.2. The molecule has 3 heterocycles. The van der Waals surface area contributed by atoms with Crippen LogP contribution < -0.4 is 10.2 Å². The zero-order valence-electron chi connectivity index (χ0n) is 23.9. The predicted octanol–water partition coefficient (Wildman–Crippen LogP) is 2.86. The monoisotopic (exact) mass is 565 g/mol. The van der Waals surface area contributed by atoms with Crippen LogP contribution in [-0.4, -0.2) is 79.4 Å². The Balaban J connectivity index is 1.23. The Labute approximate surface area is 238 Å². The highest BCUT2D eigenvalue weighted by Crippen LogP contribution is 2.46. The molecule has 216 valence electrons. The summed E-state index contributed by atoms with van der Waals surface area (Å²) in [5.74, 6) is 0.208. The summed E-state index contributed by atoms with van der Waals surface area (Å²) in [6.45, 7) is 8.31. The third-order valence-electron chi connectivity index (χ3n) is 9.04. The van der Waals surface area contributed by atoms with Crippen molar-refractivity contribution in [1.29, 1.82) is 0 Å². The number of rotatable bonds is 8. The molecule has 0 radical (unpaired) electrons. The van der Waals surface area contributed by atoms with Crippen molar-refractivity contribution in [2.45, 2.75) is 76.0 Å². The summed E-state index contributed by atoms with van der Waals surface area (Å²) >= 11 is 0. The first-order valence-corrected chi connectivity index (χ1v) is 17.6. The maximum atomic E-state index is 13.6. The Morgan fingerprint density at radius 2 is 1.82 bits per heavy atom. The molecule has 3 aliphatic heterocycles. The van der Waals surface area contributed by atoms with Crippen LogP contribution in [0.4, 0.5) is 5.69 Å². The van der Waals surface area contributed by atoms with Gasteiger partial charge in [0.2, 0.25) is 11.8 Å². The van der Waals surface area contributed by atoms with Gasteiger partial charge in [0.25, 0.3) is 0 Å². The number of benzene rings is 2. The van der Waals surface area contributed by atoms with E-state index in [1.165, 1.54) is 11.1 Å². The number of ether oxygens (including phenoxy) is 1. The van der Waals surface area contributed by atoms with Gasteiger partial charge in [-0.1, -0.05) is 43.3 Å². The van der Waals surface area contributed by atoms with Gasteiger partial charge in [0.1, 0.15) is 0 Å². The van der Waals surface area contributed by atoms with Gasteiger partial charge in [0, 0.05) is 30.9 Å². The van der Waals surface area contributed by atoms with E-state index in [0.717, 1.165) is 30.6 Å². The van der Waals surface area contributed by atoms with Gasteiger partial charge in [0.15, 0.2) is 8.32 Å². The van der Waals surface area contributed by atoms with Crippen molar-refractivity contribution in [3.8, 4) is 0 Å². The molecule has 0 saturated carbocycles. The van der Waals surface area contributed by atoms with Crippen molar-refractivity contribution >= 4 is 25.8 Å². The van der Waals surface area contributed by atoms with Gasteiger partial charge in [0.05, 0.1) is 37.8 Å². The Morgan fingerprint density at radius 1 is 1.10 bits per heavy atom. The number of hydrogen-bond donors (Lipinski definition) is 3. The fraction of sp³-hybridized carbons (Fsp3) is 0.548. The lowest BCUT2D eigenvalue weighted by Gasteiger charge is -2.37. The highest BCUT2D eigenvalue weighted by molar-refractivity contribution is 6.71. The van der Waals surface area contributed by atoms with Crippen LogP contribution in [0.25, 0.3) is 0 Å². The molecule has 0 aliphatic carbocycles. The molecule has 0 bridgehead atoms. The van der Waals surface area contributed by atoms with Gasteiger partial charge < -0.3 is 29.8 Å². The third kappa shape index (κ3) is 6.18. The number of fused-ring (bicyclic) bond motifs is 1. The highest BCUT2D eigenvalue weighted by atomic mass is 28.4. The molecule has 8 nitrogen and oxygen atoms in total. The smallest absolute Gasteiger partial charge is 0.240 e. The van der Waals surface area contributed by atoms with E-state index in [4.69, 9.17) is 4.74 Å². The SMILES string of the molecule is C[C@H]1[C@H]([Si](C)(C)O)[C@@H](CC(=O)N2Cc3ccccc3C[C@H]2CO)O[C@H]1CCc1ccc(N2CCNCC2=O)cc1. The molecule has 5 atom stereocenters. The summed E-state index contributed by atoms with van der Waals surface area (Å²) in [6, 6.07) is 16.1. The zero-order chi connectivity index (χ0) is 28.4. The number of amides is 2. The van der Waals surface area contributed by atoms with E-state index in [0.29, 0.717) is 26.1 Å². The molecular weight excluding hydrogens is 522 g/mol. The first kappa shape index (κ1) is 28.9. The van der Waals surface area contributed by atoms with Crippen molar-refractivity contribution in [1.82, 2.24) is 10.2 Å². The first-order valence-electron chi connectivity index (χ1n) is 14.6. The van der Waals surface area contributed by atoms with Crippen LogP contribution in [0, 0.1) is 5.92 Å². The molecular formula is C31H43N3O5Si. The lowest BCUT2D eigenvalue weighted by Crippen LogP contribution is -2.48. The van der Waals surface area contributed by atoms with Crippen molar-refractivity contribution in [2.75, 3.05) is 31.1 Å². The normalized spacial score (nSPS) is 27.1. The second-order valence-electron chi connectivity index (χ2n) is 12.2. The summed E-state index contributed by atoms with van der Waals surface area (Å²) in [4.78, 5) is 40.7. The van der Waals surface area contributed by atoms with E-state index in [1.54, 1.807) is 4.90 Å². The average molecular weight is 566 g/mol. The average Bonchev–Trinajstić information content (AvgIpc) is 3.26. The summed E-state index contributed by atoms with van der Waals surface area (Å²) < 4.78 is 6.57. The minimum absolute atomic E-state index is 0.0206. The van der Waals surface area contributed by atoms with Crippen LogP contribution in [0.3, 0.4) is 0 Å². The summed E-state index contributed by atoms with van der Waals surface area (Å²) in [5.41, 5.74) is 4.36. The van der Waals surface area contributed by atoms with Gasteiger partial charge in [-0.15, -0.1) is 0 Å². The van der Waals surface area contributed by atoms with Gasteiger partial charge in [-0.2, -0.15) is 0 Å². The molecule has 40 heavy (non-hydrogen) atoms. The number of aliphatic hydroxyl groups is 1. The maximum Gasteiger partial charge on any atom is 0.240 e. The lowest BCUT2D eigenvalue weighted by atomic mass is 9.93. The summed E-state index contributed by atoms with van der Waals surface area (Å²) in [7, 11) is -2.62. The van der Waals surface area contributed by atoms with E-state index in [2.05, 4.69) is 30.4 Å². The molecule has 3 aliphatic rings. The van der Waals surface area contributed by atoms with Crippen molar-refractivity contribution in [2.24, 2.45) is 5.92 Å². The number of hydrogen-bond acceptors (Lipinski definition) is 6. The molecule has 9 heteroatoms. The van der Waals surface area contributed by atoms with E-state index in [1.807, 2.05) is 48.3 Å². The van der Waals surface area contributed by atoms with Gasteiger partial charge in [-0.25, -0.2) is 0 Å². The second kappa shape index (κ2) is 12.1. The quantitative estimate of drug-likeness (QED) is 0.426. The largest absolute Gasteiger partial charge is 0.432 e. The fourth-order valence-corrected chi connectivity index (χ4v) is 9.58. The van der Waals surface area contributed by atoms with E-state index >= 15 is 0 Å². The minimum atomic E-state index is -2.62. The van der Waals surface area contributed by atoms with Crippen LogP contribution in [-0.2, 0) is 33.7 Å². The molecule has 3 N–H and O–H groups in total. The number of nitrogens with one attached hydrogen (secondary N) is 1. The first-order chi connectivity index (χ1) is 19.2. The number of carbonyl (C=O) groups excluding carboxylic acids is 2. The molecule has 2 amide bonds. The van der Waals surface area contributed by atoms with Crippen molar-refractivity contribution < 1.29 is 24.2 Å². The fourth-order valence-electron chi connectivity index (χ4n) is 6.97. The van der Waals surface area contributed by atoms with Gasteiger partial charge in [-0.3, -0.25) is 9.59 Å². The Kier molecular flexibility index (Phi) is 8.77. The number of aliphatic hydroxyl groups excluding tert-OH is 1. The molecule has 2 saturated heterocycles. The predicted molar refractivity (Wildman–Crippen MR) is 157 cm³/mol. The molecule has 5 rings (SSSR count). The number of nitrogens with zero attached hydrogens (tertiary/aromatic N) is 2. The minimum Gasteiger partial charge on any atom is -0.432 e. The van der Waals surface area contributed by atoms with E-state index in [9.17, 15) is 19.5 Å². The van der Waals surface area contributed by atoms with Crippen LogP contribution in [0.1, 0.15) is 36.5 Å². The zero-order valence-corrected chi connectivity index (χ0v) is 24.9. The Morgan fingerprint density at radius 3 is 2.50 bits per heavy atom. The van der Waals surface area contributed by atoms with Gasteiger partial charge in [-0.05, 0) is 67.1 Å². The Hall–Kier alpha value is -2.56. The van der Waals surface area contributed by atoms with E-state index < -0.39 is 8.32 Å². The van der Waals surface area contributed by atoms with Gasteiger partial charge >= 0.3 is 0 Å². The third-order valence-corrected chi connectivity index (χ3v) is 11.6.